The molecule has 0 bridgehead atoms. The Bertz CT molecular complexity index is 700. The van der Waals surface area contributed by atoms with Gasteiger partial charge in [0.1, 0.15) is 0 Å². The van der Waals surface area contributed by atoms with Crippen molar-refractivity contribution in [3.8, 4) is 11.4 Å². The van der Waals surface area contributed by atoms with Gasteiger partial charge in [0.15, 0.2) is 11.5 Å². The number of benzene rings is 1. The second-order valence-electron chi connectivity index (χ2n) is 4.32. The van der Waals surface area contributed by atoms with E-state index in [1.54, 1.807) is 0 Å². The van der Waals surface area contributed by atoms with Gasteiger partial charge in [-0.15, -0.1) is 10.2 Å². The molecule has 0 fully saturated rings. The van der Waals surface area contributed by atoms with E-state index >= 15 is 0 Å². The third kappa shape index (κ3) is 1.67. The smallest absolute Gasteiger partial charge is 0.168 e. The Morgan fingerprint density at radius 1 is 1.17 bits per heavy atom. The summed E-state index contributed by atoms with van der Waals surface area (Å²) in [5.41, 5.74) is 9.81. The van der Waals surface area contributed by atoms with Crippen LogP contribution < -0.4 is 5.73 Å². The van der Waals surface area contributed by atoms with Crippen molar-refractivity contribution in [3.05, 3.63) is 53.7 Å². The Morgan fingerprint density at radius 3 is 2.83 bits per heavy atom. The van der Waals surface area contributed by atoms with Gasteiger partial charge in [-0.1, -0.05) is 29.8 Å². The summed E-state index contributed by atoms with van der Waals surface area (Å²) in [5, 5.41) is 8.50. The molecule has 2 N–H and O–H groups in total. The van der Waals surface area contributed by atoms with Crippen LogP contribution in [-0.2, 0) is 6.54 Å². The lowest BCUT2D eigenvalue weighted by Crippen LogP contribution is -2.00. The lowest BCUT2D eigenvalue weighted by atomic mass is 10.1. The lowest BCUT2D eigenvalue weighted by molar-refractivity contribution is 1.04. The Labute approximate surface area is 105 Å². The predicted molar refractivity (Wildman–Crippen MR) is 71.1 cm³/mol. The Hall–Kier alpha value is -2.20. The average molecular weight is 238 g/mol. The second kappa shape index (κ2) is 4.23. The number of aromatic nitrogens is 3. The minimum Gasteiger partial charge on any atom is -0.326 e. The molecule has 2 heterocycles. The zero-order valence-corrected chi connectivity index (χ0v) is 10.2. The van der Waals surface area contributed by atoms with E-state index in [0.29, 0.717) is 6.54 Å². The first-order valence-corrected chi connectivity index (χ1v) is 5.89. The number of hydrogen-bond acceptors (Lipinski definition) is 3. The lowest BCUT2D eigenvalue weighted by Gasteiger charge is -2.03. The van der Waals surface area contributed by atoms with Crippen LogP contribution >= 0.6 is 0 Å². The molecule has 2 aromatic heterocycles. The Balaban J connectivity index is 2.25. The third-order valence-corrected chi connectivity index (χ3v) is 3.01. The maximum Gasteiger partial charge on any atom is 0.168 e. The van der Waals surface area contributed by atoms with Gasteiger partial charge in [-0.2, -0.15) is 0 Å². The number of rotatable bonds is 2. The molecule has 4 nitrogen and oxygen atoms in total. The number of aryl methyl sites for hydroxylation is 1. The summed E-state index contributed by atoms with van der Waals surface area (Å²) in [6.07, 6.45) is 1.96. The minimum atomic E-state index is 0.469. The molecule has 18 heavy (non-hydrogen) atoms. The molecular weight excluding hydrogens is 224 g/mol. The van der Waals surface area contributed by atoms with E-state index in [0.717, 1.165) is 22.6 Å². The third-order valence-electron chi connectivity index (χ3n) is 3.01. The van der Waals surface area contributed by atoms with E-state index in [-0.39, 0.29) is 0 Å². The molecule has 0 spiro atoms. The highest BCUT2D eigenvalue weighted by molar-refractivity contribution is 5.61. The molecule has 3 aromatic rings. The minimum absolute atomic E-state index is 0.469. The summed E-state index contributed by atoms with van der Waals surface area (Å²) in [4.78, 5) is 0. The van der Waals surface area contributed by atoms with Crippen LogP contribution in [0.1, 0.15) is 11.1 Å². The van der Waals surface area contributed by atoms with Crippen LogP contribution in [0.5, 0.6) is 0 Å². The van der Waals surface area contributed by atoms with E-state index in [4.69, 9.17) is 5.73 Å². The van der Waals surface area contributed by atoms with Gasteiger partial charge in [-0.25, -0.2) is 0 Å². The molecule has 0 saturated heterocycles. The Morgan fingerprint density at radius 2 is 2.06 bits per heavy atom. The molecule has 0 aliphatic rings. The number of pyridine rings is 1. The summed E-state index contributed by atoms with van der Waals surface area (Å²) in [5.74, 6) is 0.851. The molecule has 0 saturated carbocycles. The highest BCUT2D eigenvalue weighted by Crippen LogP contribution is 2.20. The molecule has 90 valence electrons. The number of nitrogens with zero attached hydrogens (tertiary/aromatic N) is 3. The van der Waals surface area contributed by atoms with Gasteiger partial charge < -0.3 is 5.73 Å². The number of nitrogens with two attached hydrogens (primary N) is 1. The molecular formula is C14H14N4. The largest absolute Gasteiger partial charge is 0.326 e. The van der Waals surface area contributed by atoms with E-state index in [9.17, 15) is 0 Å². The second-order valence-corrected chi connectivity index (χ2v) is 4.32. The molecule has 0 radical (unpaired) electrons. The van der Waals surface area contributed by atoms with Crippen LogP contribution in [0.4, 0.5) is 0 Å². The first kappa shape index (κ1) is 10.9. The quantitative estimate of drug-likeness (QED) is 0.744. The highest BCUT2D eigenvalue weighted by atomic mass is 15.2. The molecule has 0 aliphatic heterocycles. The van der Waals surface area contributed by atoms with E-state index in [2.05, 4.69) is 29.3 Å². The van der Waals surface area contributed by atoms with Gasteiger partial charge in [0.05, 0.1) is 0 Å². The van der Waals surface area contributed by atoms with Crippen LogP contribution in [0, 0.1) is 6.92 Å². The summed E-state index contributed by atoms with van der Waals surface area (Å²) < 4.78 is 1.98. The van der Waals surface area contributed by atoms with Crippen molar-refractivity contribution in [3.63, 3.8) is 0 Å². The standard InChI is InChI=1S/C14H14N4/c1-10-4-2-5-11(8-10)13-16-17-14-12(9-15)6-3-7-18(13)14/h2-8H,9,15H2,1H3. The van der Waals surface area contributed by atoms with Crippen LogP contribution in [0.2, 0.25) is 0 Å². The fourth-order valence-corrected chi connectivity index (χ4v) is 2.11. The van der Waals surface area contributed by atoms with Crippen LogP contribution in [-0.4, -0.2) is 14.6 Å². The van der Waals surface area contributed by atoms with Gasteiger partial charge in [-0.3, -0.25) is 4.40 Å². The van der Waals surface area contributed by atoms with Crippen LogP contribution in [0.25, 0.3) is 17.0 Å². The highest BCUT2D eigenvalue weighted by Gasteiger charge is 2.09. The predicted octanol–water partition coefficient (Wildman–Crippen LogP) is 2.16. The number of fused-ring (bicyclic) bond motifs is 1. The zero-order chi connectivity index (χ0) is 12.5. The van der Waals surface area contributed by atoms with Crippen LogP contribution in [0.15, 0.2) is 42.6 Å². The average Bonchev–Trinajstić information content (AvgIpc) is 2.82. The van der Waals surface area contributed by atoms with Gasteiger partial charge in [0.25, 0.3) is 0 Å². The normalized spacial score (nSPS) is 11.0. The maximum absolute atomic E-state index is 5.71. The van der Waals surface area contributed by atoms with Crippen molar-refractivity contribution in [2.24, 2.45) is 5.73 Å². The van der Waals surface area contributed by atoms with E-state index < -0.39 is 0 Å². The number of hydrogen-bond donors (Lipinski definition) is 1. The first-order chi connectivity index (χ1) is 8.79. The summed E-state index contributed by atoms with van der Waals surface area (Å²) >= 11 is 0. The zero-order valence-electron chi connectivity index (χ0n) is 10.2. The molecule has 1 aromatic carbocycles. The molecule has 3 rings (SSSR count). The Kier molecular flexibility index (Phi) is 2.57. The summed E-state index contributed by atoms with van der Waals surface area (Å²) in [6.45, 7) is 2.54. The van der Waals surface area contributed by atoms with Crippen molar-refractivity contribution in [2.75, 3.05) is 0 Å². The topological polar surface area (TPSA) is 56.2 Å². The van der Waals surface area contributed by atoms with Gasteiger partial charge >= 0.3 is 0 Å². The summed E-state index contributed by atoms with van der Waals surface area (Å²) in [6, 6.07) is 12.2. The van der Waals surface area contributed by atoms with Gasteiger partial charge in [0.2, 0.25) is 0 Å². The van der Waals surface area contributed by atoms with Gasteiger partial charge in [-0.05, 0) is 19.1 Å². The van der Waals surface area contributed by atoms with Crippen molar-refractivity contribution in [1.29, 1.82) is 0 Å². The summed E-state index contributed by atoms with van der Waals surface area (Å²) in [7, 11) is 0. The molecule has 0 amide bonds. The monoisotopic (exact) mass is 238 g/mol. The van der Waals surface area contributed by atoms with Crippen molar-refractivity contribution in [1.82, 2.24) is 14.6 Å². The SMILES string of the molecule is Cc1cccc(-c2nnc3c(CN)cccn23)c1. The fourth-order valence-electron chi connectivity index (χ4n) is 2.11. The van der Waals surface area contributed by atoms with Crippen molar-refractivity contribution in [2.45, 2.75) is 13.5 Å². The molecule has 0 aliphatic carbocycles. The van der Waals surface area contributed by atoms with E-state index in [1.165, 1.54) is 5.56 Å². The van der Waals surface area contributed by atoms with E-state index in [1.807, 2.05) is 34.9 Å². The van der Waals surface area contributed by atoms with Crippen molar-refractivity contribution >= 4 is 5.65 Å². The molecule has 4 heteroatoms. The maximum atomic E-state index is 5.71. The first-order valence-electron chi connectivity index (χ1n) is 5.89. The fraction of sp³-hybridized carbons (Fsp3) is 0.143. The molecule has 0 atom stereocenters. The van der Waals surface area contributed by atoms with Crippen LogP contribution in [0.3, 0.4) is 0 Å². The van der Waals surface area contributed by atoms with Crippen molar-refractivity contribution < 1.29 is 0 Å². The van der Waals surface area contributed by atoms with Gasteiger partial charge in [0, 0.05) is 23.9 Å². The molecule has 0 unspecified atom stereocenters.